The average Bonchev–Trinajstić information content (AvgIpc) is 2.88. The van der Waals surface area contributed by atoms with Crippen LogP contribution in [0.15, 0.2) is 48.5 Å². The molecule has 1 aromatic heterocycles. The van der Waals surface area contributed by atoms with Crippen molar-refractivity contribution in [3.8, 4) is 5.75 Å². The Balaban J connectivity index is 0.000000141. The number of fused-ring (bicyclic) bond motifs is 1. The molecule has 0 bridgehead atoms. The number of nitrogens with one attached hydrogen (secondary N) is 1. The lowest BCUT2D eigenvalue weighted by Gasteiger charge is -1.95. The number of aromatic amines is 1. The van der Waals surface area contributed by atoms with Gasteiger partial charge >= 0.3 is 5.97 Å². The molecule has 0 radical (unpaired) electrons. The molecule has 2 aromatic carbocycles. The van der Waals surface area contributed by atoms with Crippen molar-refractivity contribution in [2.24, 2.45) is 0 Å². The van der Waals surface area contributed by atoms with Crippen LogP contribution in [0.5, 0.6) is 5.75 Å². The first kappa shape index (κ1) is 12.6. The van der Waals surface area contributed by atoms with Gasteiger partial charge in [0.1, 0.15) is 22.3 Å². The number of aromatic carboxylic acids is 1. The summed E-state index contributed by atoms with van der Waals surface area (Å²) in [6.07, 6.45) is 0. The maximum Gasteiger partial charge on any atom is 0.339 e. The van der Waals surface area contributed by atoms with E-state index in [4.69, 9.17) is 10.2 Å². The number of benzene rings is 2. The largest absolute Gasteiger partial charge is 0.507 e. The lowest BCUT2D eigenvalue weighted by Crippen LogP contribution is -1.95. The third-order valence-corrected chi connectivity index (χ3v) is 2.36. The quantitative estimate of drug-likeness (QED) is 0.619. The first-order valence-corrected chi connectivity index (χ1v) is 5.45. The summed E-state index contributed by atoms with van der Waals surface area (Å²) < 4.78 is 0. The minimum atomic E-state index is -1.11. The van der Waals surface area contributed by atoms with Gasteiger partial charge in [0.25, 0.3) is 0 Å². The van der Waals surface area contributed by atoms with Crippen molar-refractivity contribution in [3.05, 3.63) is 54.1 Å². The molecule has 96 valence electrons. The van der Waals surface area contributed by atoms with E-state index in [-0.39, 0.29) is 11.3 Å². The van der Waals surface area contributed by atoms with Crippen LogP contribution >= 0.6 is 0 Å². The Morgan fingerprint density at radius 2 is 1.47 bits per heavy atom. The van der Waals surface area contributed by atoms with Crippen LogP contribution in [0.1, 0.15) is 10.4 Å². The highest BCUT2D eigenvalue weighted by atomic mass is 16.4. The highest BCUT2D eigenvalue weighted by Gasteiger charge is 2.05. The molecular weight excluding hydrogens is 246 g/mol. The van der Waals surface area contributed by atoms with E-state index in [1.54, 1.807) is 12.1 Å². The Morgan fingerprint density at radius 3 is 1.95 bits per heavy atom. The molecule has 0 saturated heterocycles. The van der Waals surface area contributed by atoms with Crippen LogP contribution in [0.2, 0.25) is 0 Å². The molecule has 6 heteroatoms. The monoisotopic (exact) mass is 257 g/mol. The Hall–Kier alpha value is -2.89. The van der Waals surface area contributed by atoms with Crippen molar-refractivity contribution in [3.63, 3.8) is 0 Å². The number of phenols is 1. The molecule has 3 N–H and O–H groups in total. The first-order valence-electron chi connectivity index (χ1n) is 5.45. The number of H-pyrrole nitrogens is 1. The molecule has 0 saturated carbocycles. The maximum atomic E-state index is 10.3. The molecule has 3 rings (SSSR count). The summed E-state index contributed by atoms with van der Waals surface area (Å²) in [5, 5.41) is 27.6. The van der Waals surface area contributed by atoms with Crippen LogP contribution in [0, 0.1) is 0 Å². The minimum absolute atomic E-state index is 0.0671. The molecule has 0 amide bonds. The molecule has 6 nitrogen and oxygen atoms in total. The lowest BCUT2D eigenvalue weighted by atomic mass is 10.2. The van der Waals surface area contributed by atoms with Gasteiger partial charge in [0, 0.05) is 0 Å². The van der Waals surface area contributed by atoms with Gasteiger partial charge in [-0.3, -0.25) is 0 Å². The van der Waals surface area contributed by atoms with E-state index in [2.05, 4.69) is 15.4 Å². The number of carbonyl (C=O) groups is 1. The van der Waals surface area contributed by atoms with Crippen molar-refractivity contribution in [1.29, 1.82) is 0 Å². The van der Waals surface area contributed by atoms with E-state index >= 15 is 0 Å². The molecule has 0 unspecified atom stereocenters. The van der Waals surface area contributed by atoms with Gasteiger partial charge in [-0.2, -0.15) is 15.4 Å². The third kappa shape index (κ3) is 3.06. The standard InChI is InChI=1S/C7H6O3.C6H5N3/c8-6-4-2-1-3-5(6)7(9)10;1-2-4-6-5(3-1)7-9-8-6/h1-4,8H,(H,9,10);1-4H,(H,7,8,9). The molecule has 0 fully saturated rings. The summed E-state index contributed by atoms with van der Waals surface area (Å²) in [5.74, 6) is -1.31. The van der Waals surface area contributed by atoms with Crippen molar-refractivity contribution in [1.82, 2.24) is 15.4 Å². The van der Waals surface area contributed by atoms with E-state index in [9.17, 15) is 4.79 Å². The molecule has 19 heavy (non-hydrogen) atoms. The number of hydrogen-bond acceptors (Lipinski definition) is 4. The smallest absolute Gasteiger partial charge is 0.339 e. The number of hydrogen-bond donors (Lipinski definition) is 3. The zero-order chi connectivity index (χ0) is 13.7. The second-order valence-corrected chi connectivity index (χ2v) is 3.63. The Kier molecular flexibility index (Phi) is 3.72. The summed E-state index contributed by atoms with van der Waals surface area (Å²) in [5.41, 5.74) is 1.76. The summed E-state index contributed by atoms with van der Waals surface area (Å²) in [4.78, 5) is 10.3. The Morgan fingerprint density at radius 1 is 0.947 bits per heavy atom. The molecular formula is C13H11N3O3. The highest BCUT2D eigenvalue weighted by molar-refractivity contribution is 5.90. The summed E-state index contributed by atoms with van der Waals surface area (Å²) in [6, 6.07) is 13.5. The molecule has 0 spiro atoms. The molecule has 0 aliphatic carbocycles. The van der Waals surface area contributed by atoms with Gasteiger partial charge in [0.2, 0.25) is 0 Å². The van der Waals surface area contributed by atoms with E-state index in [0.717, 1.165) is 11.0 Å². The molecule has 1 heterocycles. The SMILES string of the molecule is O=C(O)c1ccccc1O.c1ccc2n[nH]nc2c1. The zero-order valence-corrected chi connectivity index (χ0v) is 9.82. The van der Waals surface area contributed by atoms with Crippen molar-refractivity contribution in [2.75, 3.05) is 0 Å². The number of aromatic nitrogens is 3. The molecule has 3 aromatic rings. The van der Waals surface area contributed by atoms with Gasteiger partial charge < -0.3 is 10.2 Å². The predicted octanol–water partition coefficient (Wildman–Crippen LogP) is 2.05. The van der Waals surface area contributed by atoms with Crippen molar-refractivity contribution >= 4 is 17.0 Å². The number of carboxylic acids is 1. The van der Waals surface area contributed by atoms with Crippen LogP contribution in [0.3, 0.4) is 0 Å². The second kappa shape index (κ2) is 5.63. The van der Waals surface area contributed by atoms with Crippen LogP contribution < -0.4 is 0 Å². The Bertz CT molecular complexity index is 664. The van der Waals surface area contributed by atoms with Gasteiger partial charge in [0.05, 0.1) is 0 Å². The molecule has 0 aliphatic rings. The average molecular weight is 257 g/mol. The van der Waals surface area contributed by atoms with Gasteiger partial charge in [-0.1, -0.05) is 24.3 Å². The maximum absolute atomic E-state index is 10.3. The van der Waals surface area contributed by atoms with Gasteiger partial charge in [-0.05, 0) is 24.3 Å². The van der Waals surface area contributed by atoms with Crippen LogP contribution in [-0.2, 0) is 0 Å². The normalized spacial score (nSPS) is 9.68. The molecule has 0 aliphatic heterocycles. The summed E-state index contributed by atoms with van der Waals surface area (Å²) in [6.45, 7) is 0. The number of aromatic hydroxyl groups is 1. The van der Waals surface area contributed by atoms with E-state index < -0.39 is 5.97 Å². The number of nitrogens with zero attached hydrogens (tertiary/aromatic N) is 2. The number of rotatable bonds is 1. The van der Waals surface area contributed by atoms with E-state index in [0.29, 0.717) is 0 Å². The van der Waals surface area contributed by atoms with Crippen molar-refractivity contribution in [2.45, 2.75) is 0 Å². The number of para-hydroxylation sites is 3. The predicted molar refractivity (Wildman–Crippen MR) is 69.0 cm³/mol. The summed E-state index contributed by atoms with van der Waals surface area (Å²) >= 11 is 0. The topological polar surface area (TPSA) is 99.1 Å². The zero-order valence-electron chi connectivity index (χ0n) is 9.82. The van der Waals surface area contributed by atoms with E-state index in [1.165, 1.54) is 12.1 Å². The third-order valence-electron chi connectivity index (χ3n) is 2.36. The highest BCUT2D eigenvalue weighted by Crippen LogP contribution is 2.14. The van der Waals surface area contributed by atoms with Gasteiger partial charge in [0.15, 0.2) is 0 Å². The first-order chi connectivity index (χ1) is 9.18. The fourth-order valence-electron chi connectivity index (χ4n) is 1.44. The second-order valence-electron chi connectivity index (χ2n) is 3.63. The van der Waals surface area contributed by atoms with Crippen LogP contribution in [0.25, 0.3) is 11.0 Å². The van der Waals surface area contributed by atoms with Crippen molar-refractivity contribution < 1.29 is 15.0 Å². The Labute approximate surface area is 108 Å². The fourth-order valence-corrected chi connectivity index (χ4v) is 1.44. The fraction of sp³-hybridized carbons (Fsp3) is 0. The minimum Gasteiger partial charge on any atom is -0.507 e. The van der Waals surface area contributed by atoms with Crippen LogP contribution in [-0.4, -0.2) is 31.6 Å². The lowest BCUT2D eigenvalue weighted by molar-refractivity contribution is 0.0694. The van der Waals surface area contributed by atoms with Gasteiger partial charge in [-0.25, -0.2) is 4.79 Å². The molecule has 0 atom stereocenters. The number of carboxylic acid groups (broad SMARTS) is 1. The summed E-state index contributed by atoms with van der Waals surface area (Å²) in [7, 11) is 0. The van der Waals surface area contributed by atoms with Gasteiger partial charge in [-0.15, -0.1) is 0 Å². The van der Waals surface area contributed by atoms with Crippen LogP contribution in [0.4, 0.5) is 0 Å². The van der Waals surface area contributed by atoms with E-state index in [1.807, 2.05) is 24.3 Å².